The van der Waals surface area contributed by atoms with Gasteiger partial charge in [0.25, 0.3) is 0 Å². The van der Waals surface area contributed by atoms with Gasteiger partial charge in [-0.05, 0) is 35.8 Å². The number of nitrogens with zero attached hydrogens (tertiary/aromatic N) is 3. The molecule has 1 fully saturated rings. The van der Waals surface area contributed by atoms with Gasteiger partial charge < -0.3 is 5.73 Å². The smallest absolute Gasteiger partial charge is 0.343 e. The number of fused-ring (bicyclic) bond motifs is 1. The van der Waals surface area contributed by atoms with Gasteiger partial charge in [-0.25, -0.2) is 9.80 Å². The van der Waals surface area contributed by atoms with Gasteiger partial charge in [0.1, 0.15) is 6.04 Å². The Morgan fingerprint density at radius 3 is 2.50 bits per heavy atom. The van der Waals surface area contributed by atoms with Crippen molar-refractivity contribution >= 4 is 23.7 Å². The molecule has 0 radical (unpaired) electrons. The molecule has 1 unspecified atom stereocenters. The monoisotopic (exact) mass is 348 g/mol. The molecule has 0 saturated carbocycles. The number of carbonyl (C=O) groups is 2. The van der Waals surface area contributed by atoms with E-state index in [1.807, 2.05) is 60.7 Å². The highest BCUT2D eigenvalue weighted by molar-refractivity contribution is 5.87. The normalized spacial score (nSPS) is 18.8. The van der Waals surface area contributed by atoms with Crippen LogP contribution in [0.25, 0.3) is 6.08 Å². The molecule has 6 heteroatoms. The van der Waals surface area contributed by atoms with Crippen LogP contribution in [0.3, 0.4) is 0 Å². The van der Waals surface area contributed by atoms with Gasteiger partial charge in [-0.1, -0.05) is 42.5 Å². The van der Waals surface area contributed by atoms with E-state index in [4.69, 9.17) is 5.73 Å². The molecule has 132 valence electrons. The summed E-state index contributed by atoms with van der Waals surface area (Å²) in [5, 5.41) is 3.34. The van der Waals surface area contributed by atoms with Gasteiger partial charge in [0.2, 0.25) is 5.91 Å². The molecule has 2 N–H and O–H groups in total. The largest absolute Gasteiger partial charge is 0.368 e. The quantitative estimate of drug-likeness (QED) is 0.907. The Morgan fingerprint density at radius 2 is 1.73 bits per heavy atom. The average molecular weight is 348 g/mol. The third kappa shape index (κ3) is 2.79. The van der Waals surface area contributed by atoms with Gasteiger partial charge in [-0.2, -0.15) is 0 Å². The van der Waals surface area contributed by atoms with Crippen molar-refractivity contribution in [3.8, 4) is 0 Å². The molecule has 0 bridgehead atoms. The number of urea groups is 1. The van der Waals surface area contributed by atoms with Crippen molar-refractivity contribution in [1.29, 1.82) is 0 Å². The molecule has 1 saturated heterocycles. The van der Waals surface area contributed by atoms with Crippen LogP contribution >= 0.6 is 0 Å². The maximum Gasteiger partial charge on any atom is 0.343 e. The third-order valence-corrected chi connectivity index (χ3v) is 4.82. The van der Waals surface area contributed by atoms with Crippen molar-refractivity contribution < 1.29 is 9.59 Å². The molecule has 4 rings (SSSR count). The van der Waals surface area contributed by atoms with Crippen LogP contribution in [0.5, 0.6) is 0 Å². The second kappa shape index (κ2) is 6.55. The fourth-order valence-electron chi connectivity index (χ4n) is 3.52. The third-order valence-electron chi connectivity index (χ3n) is 4.82. The number of hydrogen-bond donors (Lipinski definition) is 1. The molecule has 0 aromatic heterocycles. The Morgan fingerprint density at radius 1 is 1.00 bits per heavy atom. The van der Waals surface area contributed by atoms with Crippen LogP contribution < -0.4 is 10.7 Å². The van der Waals surface area contributed by atoms with Crippen LogP contribution in [-0.4, -0.2) is 34.4 Å². The van der Waals surface area contributed by atoms with E-state index in [-0.39, 0.29) is 6.03 Å². The highest BCUT2D eigenvalue weighted by Gasteiger charge is 2.40. The van der Waals surface area contributed by atoms with Crippen molar-refractivity contribution in [2.24, 2.45) is 5.73 Å². The van der Waals surface area contributed by atoms with Crippen LogP contribution in [0.1, 0.15) is 17.5 Å². The molecule has 0 aliphatic carbocycles. The van der Waals surface area contributed by atoms with Gasteiger partial charge in [0.05, 0.1) is 12.2 Å². The molecule has 0 spiro atoms. The molecular weight excluding hydrogens is 328 g/mol. The zero-order chi connectivity index (χ0) is 18.1. The SMILES string of the molecule is NC(=O)C1CCN(C(=O)N2C=Cc3ccccc3C2)N1c1ccccc1. The van der Waals surface area contributed by atoms with E-state index in [2.05, 4.69) is 0 Å². The minimum atomic E-state index is -0.526. The minimum Gasteiger partial charge on any atom is -0.368 e. The van der Waals surface area contributed by atoms with E-state index in [1.165, 1.54) is 0 Å². The highest BCUT2D eigenvalue weighted by Crippen LogP contribution is 2.29. The van der Waals surface area contributed by atoms with Crippen LogP contribution in [0.4, 0.5) is 10.5 Å². The second-order valence-corrected chi connectivity index (χ2v) is 6.44. The fraction of sp³-hybridized carbons (Fsp3) is 0.200. The van der Waals surface area contributed by atoms with Crippen molar-refractivity contribution in [1.82, 2.24) is 9.91 Å². The number of rotatable bonds is 2. The van der Waals surface area contributed by atoms with Crippen LogP contribution in [-0.2, 0) is 11.3 Å². The van der Waals surface area contributed by atoms with Crippen molar-refractivity contribution in [2.45, 2.75) is 19.0 Å². The molecule has 2 aromatic carbocycles. The zero-order valence-corrected chi connectivity index (χ0v) is 14.3. The van der Waals surface area contributed by atoms with Gasteiger partial charge >= 0.3 is 6.03 Å². The van der Waals surface area contributed by atoms with Crippen LogP contribution in [0.15, 0.2) is 60.8 Å². The number of primary amides is 1. The lowest BCUT2D eigenvalue weighted by Gasteiger charge is -2.36. The lowest BCUT2D eigenvalue weighted by molar-refractivity contribution is -0.119. The van der Waals surface area contributed by atoms with Crippen molar-refractivity contribution in [2.75, 3.05) is 11.6 Å². The standard InChI is InChI=1S/C20H20N4O2/c21-19(25)18-11-13-23(24(18)17-8-2-1-3-9-17)20(26)22-12-10-15-6-4-5-7-16(15)14-22/h1-10,12,18H,11,13-14H2,(H2,21,25). The summed E-state index contributed by atoms with van der Waals surface area (Å²) in [6, 6.07) is 16.7. The second-order valence-electron chi connectivity index (χ2n) is 6.44. The Kier molecular flexibility index (Phi) is 4.08. The summed E-state index contributed by atoms with van der Waals surface area (Å²) in [4.78, 5) is 26.7. The number of hydrazine groups is 1. The fourth-order valence-corrected chi connectivity index (χ4v) is 3.52. The summed E-state index contributed by atoms with van der Waals surface area (Å²) >= 11 is 0. The van der Waals surface area contributed by atoms with Gasteiger partial charge in [0, 0.05) is 12.7 Å². The predicted octanol–water partition coefficient (Wildman–Crippen LogP) is 2.57. The van der Waals surface area contributed by atoms with Crippen LogP contribution in [0, 0.1) is 0 Å². The summed E-state index contributed by atoms with van der Waals surface area (Å²) in [7, 11) is 0. The number of hydrogen-bond acceptors (Lipinski definition) is 3. The number of carbonyl (C=O) groups excluding carboxylic acids is 2. The number of para-hydroxylation sites is 1. The van der Waals surface area contributed by atoms with Crippen molar-refractivity contribution in [3.05, 3.63) is 71.9 Å². The average Bonchev–Trinajstić information content (AvgIpc) is 3.13. The Hall–Kier alpha value is -3.28. The summed E-state index contributed by atoms with van der Waals surface area (Å²) in [5.41, 5.74) is 8.58. The first kappa shape index (κ1) is 16.2. The van der Waals surface area contributed by atoms with Crippen LogP contribution in [0.2, 0.25) is 0 Å². The van der Waals surface area contributed by atoms with E-state index < -0.39 is 11.9 Å². The molecule has 2 aliphatic rings. The molecular formula is C20H20N4O2. The number of anilines is 1. The molecule has 3 amide bonds. The number of benzene rings is 2. The van der Waals surface area contributed by atoms with E-state index in [0.29, 0.717) is 19.5 Å². The molecule has 2 heterocycles. The van der Waals surface area contributed by atoms with Gasteiger partial charge in [-0.15, -0.1) is 0 Å². The molecule has 2 aromatic rings. The predicted molar refractivity (Wildman–Crippen MR) is 99.6 cm³/mol. The van der Waals surface area contributed by atoms with Crippen molar-refractivity contribution in [3.63, 3.8) is 0 Å². The lowest BCUT2D eigenvalue weighted by atomic mass is 10.0. The van der Waals surface area contributed by atoms with E-state index >= 15 is 0 Å². The summed E-state index contributed by atoms with van der Waals surface area (Å²) in [5.74, 6) is -0.427. The lowest BCUT2D eigenvalue weighted by Crippen LogP contribution is -2.52. The first-order valence-electron chi connectivity index (χ1n) is 8.63. The first-order chi connectivity index (χ1) is 12.6. The maximum absolute atomic E-state index is 13.2. The summed E-state index contributed by atoms with van der Waals surface area (Å²) < 4.78 is 0. The molecule has 2 aliphatic heterocycles. The maximum atomic E-state index is 13.2. The molecule has 6 nitrogen and oxygen atoms in total. The number of nitrogens with two attached hydrogens (primary N) is 1. The molecule has 1 atom stereocenters. The van der Waals surface area contributed by atoms with E-state index in [0.717, 1.165) is 16.8 Å². The number of amides is 3. The zero-order valence-electron chi connectivity index (χ0n) is 14.3. The van der Waals surface area contributed by atoms with E-state index in [9.17, 15) is 9.59 Å². The first-order valence-corrected chi connectivity index (χ1v) is 8.63. The summed E-state index contributed by atoms with van der Waals surface area (Å²) in [6.45, 7) is 0.958. The highest BCUT2D eigenvalue weighted by atomic mass is 16.2. The van der Waals surface area contributed by atoms with Gasteiger partial charge in [0.15, 0.2) is 0 Å². The van der Waals surface area contributed by atoms with E-state index in [1.54, 1.807) is 21.1 Å². The van der Waals surface area contributed by atoms with Gasteiger partial charge in [-0.3, -0.25) is 14.7 Å². The topological polar surface area (TPSA) is 69.9 Å². The Bertz CT molecular complexity index is 865. The Balaban J connectivity index is 1.62. The summed E-state index contributed by atoms with van der Waals surface area (Å²) in [6.07, 6.45) is 4.25. The molecule has 26 heavy (non-hydrogen) atoms. The Labute approximate surface area is 152 Å². The minimum absolute atomic E-state index is 0.164.